The summed E-state index contributed by atoms with van der Waals surface area (Å²) in [6.07, 6.45) is -1.60. The quantitative estimate of drug-likeness (QED) is 0.451. The molecule has 0 amide bonds. The van der Waals surface area contributed by atoms with E-state index < -0.39 is 22.1 Å². The second-order valence-electron chi connectivity index (χ2n) is 9.55. The molecule has 5 nitrogen and oxygen atoms in total. The molecule has 2 aliphatic rings. The van der Waals surface area contributed by atoms with Gasteiger partial charge in [0, 0.05) is 19.1 Å². The van der Waals surface area contributed by atoms with Gasteiger partial charge in [-0.25, -0.2) is 13.1 Å². The largest absolute Gasteiger partial charge is 0.573 e. The molecular formula is C28H28F3NO4S. The lowest BCUT2D eigenvalue weighted by molar-refractivity contribution is -0.274. The summed E-state index contributed by atoms with van der Waals surface area (Å²) in [6.45, 7) is 0.750. The van der Waals surface area contributed by atoms with Gasteiger partial charge in [0.05, 0.1) is 11.0 Å². The van der Waals surface area contributed by atoms with Crippen molar-refractivity contribution in [1.82, 2.24) is 4.72 Å². The molecule has 1 aliphatic carbocycles. The van der Waals surface area contributed by atoms with Crippen LogP contribution in [0.1, 0.15) is 41.0 Å². The van der Waals surface area contributed by atoms with E-state index in [1.165, 1.54) is 22.3 Å². The van der Waals surface area contributed by atoms with E-state index >= 15 is 0 Å². The predicted octanol–water partition coefficient (Wildman–Crippen LogP) is 5.59. The van der Waals surface area contributed by atoms with Crippen LogP contribution >= 0.6 is 0 Å². The van der Waals surface area contributed by atoms with Gasteiger partial charge < -0.3 is 9.47 Å². The Morgan fingerprint density at radius 2 is 1.49 bits per heavy atom. The normalized spacial score (nSPS) is 20.5. The minimum absolute atomic E-state index is 0.0592. The maximum absolute atomic E-state index is 12.8. The summed E-state index contributed by atoms with van der Waals surface area (Å²) in [7, 11) is -3.89. The van der Waals surface area contributed by atoms with Crippen LogP contribution in [0.15, 0.2) is 77.7 Å². The number of ether oxygens (including phenoxy) is 2. The SMILES string of the molecule is O=S(=O)(NCC1CCOC(C2c3ccccc3CCc3ccccc32)C1)c1ccc(OC(F)(F)F)cc1. The van der Waals surface area contributed by atoms with Crippen LogP contribution in [-0.2, 0) is 27.6 Å². The lowest BCUT2D eigenvalue weighted by Gasteiger charge is -2.36. The molecular weight excluding hydrogens is 503 g/mol. The second kappa shape index (κ2) is 10.5. The number of sulfonamides is 1. The third-order valence-corrected chi connectivity index (χ3v) is 8.61. The van der Waals surface area contributed by atoms with E-state index in [2.05, 4.69) is 58.0 Å². The first-order valence-corrected chi connectivity index (χ1v) is 13.8. The average molecular weight is 532 g/mol. The Labute approximate surface area is 214 Å². The van der Waals surface area contributed by atoms with E-state index in [4.69, 9.17) is 4.74 Å². The smallest absolute Gasteiger partial charge is 0.406 e. The molecule has 2 atom stereocenters. The average Bonchev–Trinajstić information content (AvgIpc) is 3.04. The van der Waals surface area contributed by atoms with Crippen molar-refractivity contribution in [2.75, 3.05) is 13.2 Å². The Bertz CT molecular complexity index is 1290. The highest BCUT2D eigenvalue weighted by Gasteiger charge is 2.35. The molecule has 0 spiro atoms. The zero-order valence-corrected chi connectivity index (χ0v) is 20.9. The van der Waals surface area contributed by atoms with Gasteiger partial charge in [-0.3, -0.25) is 0 Å². The third kappa shape index (κ3) is 6.00. The van der Waals surface area contributed by atoms with Crippen molar-refractivity contribution in [1.29, 1.82) is 0 Å². The summed E-state index contributed by atoms with van der Waals surface area (Å²) in [6, 6.07) is 21.1. The summed E-state index contributed by atoms with van der Waals surface area (Å²) >= 11 is 0. The number of hydrogen-bond acceptors (Lipinski definition) is 4. The number of halogens is 3. The molecule has 3 aromatic carbocycles. The number of fused-ring (bicyclic) bond motifs is 2. The molecule has 0 bridgehead atoms. The van der Waals surface area contributed by atoms with Gasteiger partial charge in [-0.2, -0.15) is 0 Å². The Kier molecular flexibility index (Phi) is 7.29. The molecule has 3 aromatic rings. The fourth-order valence-electron chi connectivity index (χ4n) is 5.42. The number of aryl methyl sites for hydroxylation is 2. The molecule has 5 rings (SSSR count). The molecule has 1 N–H and O–H groups in total. The number of nitrogens with one attached hydrogen (secondary N) is 1. The molecule has 1 saturated heterocycles. The van der Waals surface area contributed by atoms with Crippen LogP contribution in [0.4, 0.5) is 13.2 Å². The molecule has 1 aliphatic heterocycles. The topological polar surface area (TPSA) is 64.6 Å². The number of hydrogen-bond donors (Lipinski definition) is 1. The molecule has 2 unspecified atom stereocenters. The highest BCUT2D eigenvalue weighted by atomic mass is 32.2. The van der Waals surface area contributed by atoms with Crippen LogP contribution < -0.4 is 9.46 Å². The van der Waals surface area contributed by atoms with E-state index in [1.54, 1.807) is 0 Å². The maximum Gasteiger partial charge on any atom is 0.573 e. The first-order chi connectivity index (χ1) is 17.7. The van der Waals surface area contributed by atoms with Gasteiger partial charge >= 0.3 is 6.36 Å². The van der Waals surface area contributed by atoms with E-state index in [0.717, 1.165) is 37.1 Å². The Hall–Kier alpha value is -2.88. The van der Waals surface area contributed by atoms with E-state index in [0.29, 0.717) is 19.4 Å². The minimum atomic E-state index is -4.84. The highest BCUT2D eigenvalue weighted by Crippen LogP contribution is 2.41. The highest BCUT2D eigenvalue weighted by molar-refractivity contribution is 7.89. The Morgan fingerprint density at radius 3 is 2.08 bits per heavy atom. The summed E-state index contributed by atoms with van der Waals surface area (Å²) in [5, 5.41) is 0. The van der Waals surface area contributed by atoms with Crippen LogP contribution in [0, 0.1) is 5.92 Å². The van der Waals surface area contributed by atoms with Crippen molar-refractivity contribution >= 4 is 10.0 Å². The van der Waals surface area contributed by atoms with Crippen molar-refractivity contribution in [3.8, 4) is 5.75 Å². The second-order valence-corrected chi connectivity index (χ2v) is 11.3. The Balaban J connectivity index is 1.30. The van der Waals surface area contributed by atoms with Crippen molar-refractivity contribution in [2.45, 2.75) is 49.0 Å². The maximum atomic E-state index is 12.8. The number of rotatable bonds is 6. The molecule has 1 heterocycles. The number of alkyl halides is 3. The molecule has 0 radical (unpaired) electrons. The molecule has 1 fully saturated rings. The van der Waals surface area contributed by atoms with Gasteiger partial charge in [0.25, 0.3) is 0 Å². The fourth-order valence-corrected chi connectivity index (χ4v) is 6.53. The van der Waals surface area contributed by atoms with E-state index in [-0.39, 0.29) is 29.4 Å². The van der Waals surface area contributed by atoms with E-state index in [9.17, 15) is 21.6 Å². The zero-order chi connectivity index (χ0) is 26.0. The van der Waals surface area contributed by atoms with Gasteiger partial charge in [-0.1, -0.05) is 48.5 Å². The molecule has 0 aromatic heterocycles. The molecule has 37 heavy (non-hydrogen) atoms. The van der Waals surface area contributed by atoms with Crippen LogP contribution in [0.5, 0.6) is 5.75 Å². The van der Waals surface area contributed by atoms with Gasteiger partial charge in [0.1, 0.15) is 5.75 Å². The standard InChI is InChI=1S/C28H28F3NO4S/c29-28(30,31)36-22-11-13-23(14-12-22)37(33,34)32-18-19-15-16-35-26(17-19)27-24-7-3-1-5-20(24)9-10-21-6-2-4-8-25(21)27/h1-8,11-14,19,26-27,32H,9-10,15-18H2. The van der Waals surface area contributed by atoms with Gasteiger partial charge in [0.2, 0.25) is 10.0 Å². The lowest BCUT2D eigenvalue weighted by atomic mass is 9.79. The van der Waals surface area contributed by atoms with Crippen LogP contribution in [-0.4, -0.2) is 34.0 Å². The van der Waals surface area contributed by atoms with Crippen molar-refractivity contribution in [2.24, 2.45) is 5.92 Å². The van der Waals surface area contributed by atoms with Crippen molar-refractivity contribution < 1.29 is 31.1 Å². The van der Waals surface area contributed by atoms with Gasteiger partial charge in [-0.15, -0.1) is 13.2 Å². The number of benzene rings is 3. The first kappa shape index (κ1) is 25.8. The summed E-state index contributed by atoms with van der Waals surface area (Å²) in [5.74, 6) is -0.345. The zero-order valence-electron chi connectivity index (χ0n) is 20.1. The van der Waals surface area contributed by atoms with Crippen LogP contribution in [0.25, 0.3) is 0 Å². The van der Waals surface area contributed by atoms with Gasteiger partial charge in [0.15, 0.2) is 0 Å². The monoisotopic (exact) mass is 531 g/mol. The molecule has 9 heteroatoms. The van der Waals surface area contributed by atoms with Crippen LogP contribution in [0.3, 0.4) is 0 Å². The lowest BCUT2D eigenvalue weighted by Crippen LogP contribution is -2.37. The van der Waals surface area contributed by atoms with Gasteiger partial charge in [-0.05, 0) is 78.1 Å². The first-order valence-electron chi connectivity index (χ1n) is 12.3. The Morgan fingerprint density at radius 1 is 0.892 bits per heavy atom. The third-order valence-electron chi connectivity index (χ3n) is 7.17. The van der Waals surface area contributed by atoms with Crippen LogP contribution in [0.2, 0.25) is 0 Å². The summed E-state index contributed by atoms with van der Waals surface area (Å²) in [4.78, 5) is -0.114. The predicted molar refractivity (Wildman–Crippen MR) is 133 cm³/mol. The van der Waals surface area contributed by atoms with Crippen molar-refractivity contribution in [3.63, 3.8) is 0 Å². The molecule has 196 valence electrons. The van der Waals surface area contributed by atoms with E-state index in [1.807, 2.05) is 0 Å². The summed E-state index contributed by atoms with van der Waals surface area (Å²) < 4.78 is 75.6. The van der Waals surface area contributed by atoms with Crippen molar-refractivity contribution in [3.05, 3.63) is 95.1 Å². The fraction of sp³-hybridized carbons (Fsp3) is 0.357. The molecule has 0 saturated carbocycles. The minimum Gasteiger partial charge on any atom is -0.406 e. The summed E-state index contributed by atoms with van der Waals surface area (Å²) in [5.41, 5.74) is 5.15.